The fourth-order valence-corrected chi connectivity index (χ4v) is 12.7. The van der Waals surface area contributed by atoms with Gasteiger partial charge in [-0.25, -0.2) is 21.6 Å². The molecule has 4 aromatic carbocycles. The van der Waals surface area contributed by atoms with Crippen molar-refractivity contribution in [1.82, 2.24) is 19.8 Å². The number of carbonyl (C=O) groups excluding carboxylic acids is 2. The van der Waals surface area contributed by atoms with E-state index in [1.807, 2.05) is 38.4 Å². The van der Waals surface area contributed by atoms with Gasteiger partial charge in [-0.3, -0.25) is 9.59 Å². The number of fused-ring (bicyclic) bond motifs is 2. The van der Waals surface area contributed by atoms with E-state index < -0.39 is 43.8 Å². The Hall–Kier alpha value is -3.36. The first kappa shape index (κ1) is 63.8. The van der Waals surface area contributed by atoms with Gasteiger partial charge in [0.05, 0.1) is 81.6 Å². The van der Waals surface area contributed by atoms with Crippen molar-refractivity contribution in [3.63, 3.8) is 0 Å². The lowest BCUT2D eigenvalue weighted by atomic mass is 9.85. The van der Waals surface area contributed by atoms with Gasteiger partial charge in [0.1, 0.15) is 6.10 Å². The number of halogens is 4. The highest BCUT2D eigenvalue weighted by atomic mass is 35.5. The van der Waals surface area contributed by atoms with Crippen molar-refractivity contribution in [2.45, 2.75) is 66.2 Å². The largest absolute Gasteiger partial charge is 0.382 e. The number of ether oxygens (including phenoxy) is 6. The van der Waals surface area contributed by atoms with Crippen LogP contribution in [0.5, 0.6) is 0 Å². The van der Waals surface area contributed by atoms with Gasteiger partial charge in [0.2, 0.25) is 10.0 Å². The average Bonchev–Trinajstić information content (AvgIpc) is 3.50. The van der Waals surface area contributed by atoms with Crippen LogP contribution in [0.2, 0.25) is 20.1 Å². The van der Waals surface area contributed by atoms with Crippen LogP contribution >= 0.6 is 46.4 Å². The standard InChI is InChI=1S/C54H70Cl4N4O14S2/c1-61-33-45(43-29-39(55)31-49(57)47(43)35-61)37-7-3-9-41(27-37)77(67,68)26-6-15-72-19-23-75-22-18-71-14-5-11-51(63)52(64)53(65)54(66)59-12-16-73-20-24-76-25-21-74-17-13-60-78(69,70)42-10-4-8-38(28-42)46-34-62(2)36-48-44(46)30-40(56)32-50(48)58/h3-4,7-10,27-32,45-46,52-53,60,64-65H,5-6,11-26,33-36H2,1-2H3,(H,59,66). The van der Waals surface area contributed by atoms with Crippen LogP contribution in [-0.2, 0) is 71.0 Å². The second kappa shape index (κ2) is 31.7. The van der Waals surface area contributed by atoms with Crippen molar-refractivity contribution in [3.8, 4) is 0 Å². The summed E-state index contributed by atoms with van der Waals surface area (Å²) in [5.41, 5.74) is 5.67. The van der Waals surface area contributed by atoms with Gasteiger partial charge >= 0.3 is 0 Å². The number of sulfonamides is 1. The molecule has 4 aromatic rings. The maximum atomic E-state index is 13.3. The first-order valence-electron chi connectivity index (χ1n) is 25.7. The zero-order valence-electron chi connectivity index (χ0n) is 43.8. The van der Waals surface area contributed by atoms with Gasteiger partial charge in [0.25, 0.3) is 5.91 Å². The van der Waals surface area contributed by atoms with Gasteiger partial charge in [0, 0.05) is 90.8 Å². The summed E-state index contributed by atoms with van der Waals surface area (Å²) in [6.45, 7) is 5.32. The van der Waals surface area contributed by atoms with E-state index in [1.54, 1.807) is 48.5 Å². The maximum absolute atomic E-state index is 13.3. The number of Topliss-reactive ketones (excluding diaryl/α,β-unsaturated/α-hetero) is 1. The van der Waals surface area contributed by atoms with Crippen molar-refractivity contribution >= 4 is 78.0 Å². The molecule has 24 heteroatoms. The number of hydrogen-bond donors (Lipinski definition) is 4. The molecule has 78 heavy (non-hydrogen) atoms. The molecule has 18 nitrogen and oxygen atoms in total. The molecule has 0 saturated heterocycles. The lowest BCUT2D eigenvalue weighted by Crippen LogP contribution is -2.46. The minimum Gasteiger partial charge on any atom is -0.382 e. The molecule has 0 aliphatic carbocycles. The van der Waals surface area contributed by atoms with Crippen molar-refractivity contribution in [1.29, 1.82) is 0 Å². The van der Waals surface area contributed by atoms with Crippen LogP contribution in [0.4, 0.5) is 0 Å². The summed E-state index contributed by atoms with van der Waals surface area (Å²) in [7, 11) is -3.39. The highest BCUT2D eigenvalue weighted by Crippen LogP contribution is 2.40. The first-order chi connectivity index (χ1) is 37.3. The Morgan fingerprint density at radius 1 is 0.590 bits per heavy atom. The van der Waals surface area contributed by atoms with E-state index in [2.05, 4.69) is 19.8 Å². The Morgan fingerprint density at radius 2 is 1.04 bits per heavy atom. The summed E-state index contributed by atoms with van der Waals surface area (Å²) in [6, 6.07) is 21.1. The number of hydrogen-bond acceptors (Lipinski definition) is 16. The Kier molecular flexibility index (Phi) is 26.0. The number of sulfone groups is 1. The van der Waals surface area contributed by atoms with E-state index in [4.69, 9.17) is 74.8 Å². The molecule has 4 N–H and O–H groups in total. The van der Waals surface area contributed by atoms with Crippen molar-refractivity contribution in [3.05, 3.63) is 126 Å². The molecule has 0 bridgehead atoms. The molecule has 2 heterocycles. The average molecular weight is 1210 g/mol. The molecule has 4 atom stereocenters. The minimum absolute atomic E-state index is 0.0151. The Labute approximate surface area is 477 Å². The van der Waals surface area contributed by atoms with Crippen LogP contribution < -0.4 is 10.0 Å². The molecule has 0 aromatic heterocycles. The molecule has 430 valence electrons. The van der Waals surface area contributed by atoms with E-state index in [-0.39, 0.29) is 133 Å². The van der Waals surface area contributed by atoms with Gasteiger partial charge < -0.3 is 53.8 Å². The minimum atomic E-state index is -3.82. The van der Waals surface area contributed by atoms with Crippen LogP contribution in [0.3, 0.4) is 0 Å². The smallest absolute Gasteiger partial charge is 0.252 e. The molecule has 6 rings (SSSR count). The predicted octanol–water partition coefficient (Wildman–Crippen LogP) is 5.88. The topological polar surface area (TPSA) is 229 Å². The zero-order valence-corrected chi connectivity index (χ0v) is 48.5. The molecule has 2 aliphatic rings. The predicted molar refractivity (Wildman–Crippen MR) is 298 cm³/mol. The van der Waals surface area contributed by atoms with Crippen LogP contribution in [0.25, 0.3) is 0 Å². The lowest BCUT2D eigenvalue weighted by Gasteiger charge is -2.33. The molecule has 1 amide bonds. The second-order valence-corrected chi connectivity index (χ2v) is 24.6. The molecular weight excluding hydrogens is 1130 g/mol. The van der Waals surface area contributed by atoms with Crippen molar-refractivity contribution < 1.29 is 65.1 Å². The third-order valence-corrected chi connectivity index (χ3v) is 17.4. The van der Waals surface area contributed by atoms with Gasteiger partial charge in [0.15, 0.2) is 21.7 Å². The van der Waals surface area contributed by atoms with Crippen LogP contribution in [0.1, 0.15) is 64.5 Å². The molecule has 4 unspecified atom stereocenters. The zero-order chi connectivity index (χ0) is 56.2. The Morgan fingerprint density at radius 3 is 1.56 bits per heavy atom. The number of aliphatic hydroxyl groups is 2. The van der Waals surface area contributed by atoms with Crippen molar-refractivity contribution in [2.75, 3.05) is 125 Å². The normalized spacial score (nSPS) is 16.9. The second-order valence-electron chi connectivity index (χ2n) is 19.0. The molecule has 0 saturated carbocycles. The van der Waals surface area contributed by atoms with Gasteiger partial charge in [-0.15, -0.1) is 0 Å². The molecule has 2 aliphatic heterocycles. The highest BCUT2D eigenvalue weighted by molar-refractivity contribution is 7.91. The summed E-state index contributed by atoms with van der Waals surface area (Å²) in [5.74, 6) is -1.90. The third-order valence-electron chi connectivity index (χ3n) is 13.1. The first-order valence-corrected chi connectivity index (χ1v) is 30.4. The van der Waals surface area contributed by atoms with Gasteiger partial charge in [-0.2, -0.15) is 0 Å². The van der Waals surface area contributed by atoms with E-state index >= 15 is 0 Å². The third kappa shape index (κ3) is 19.4. The summed E-state index contributed by atoms with van der Waals surface area (Å²) in [5, 5.41) is 25.1. The fraction of sp³-hybridized carbons (Fsp3) is 0.519. The summed E-state index contributed by atoms with van der Waals surface area (Å²) in [4.78, 5) is 29.4. The van der Waals surface area contributed by atoms with Crippen LogP contribution in [0, 0.1) is 0 Å². The van der Waals surface area contributed by atoms with E-state index in [0.29, 0.717) is 52.7 Å². The van der Waals surface area contributed by atoms with E-state index in [1.165, 1.54) is 0 Å². The number of rotatable bonds is 34. The van der Waals surface area contributed by atoms with Crippen molar-refractivity contribution in [2.24, 2.45) is 0 Å². The summed E-state index contributed by atoms with van der Waals surface area (Å²) in [6.07, 6.45) is -3.43. The number of amides is 1. The molecule has 0 spiro atoms. The van der Waals surface area contributed by atoms with Crippen LogP contribution in [0.15, 0.2) is 82.6 Å². The molecule has 0 fully saturated rings. The highest BCUT2D eigenvalue weighted by Gasteiger charge is 2.31. The Bertz CT molecular complexity index is 2650. The summed E-state index contributed by atoms with van der Waals surface area (Å²) < 4.78 is 88.3. The van der Waals surface area contributed by atoms with Crippen LogP contribution in [-0.4, -0.2) is 186 Å². The monoisotopic (exact) mass is 1200 g/mol. The lowest BCUT2D eigenvalue weighted by molar-refractivity contribution is -0.145. The van der Waals surface area contributed by atoms with E-state index in [0.717, 1.165) is 33.4 Å². The molecule has 0 radical (unpaired) electrons. The number of likely N-dealkylation sites (N-methyl/N-ethyl adjacent to an activating group) is 2. The molecular formula is C54H70Cl4N4O14S2. The summed E-state index contributed by atoms with van der Waals surface area (Å²) >= 11 is 25.7. The number of nitrogens with zero attached hydrogens (tertiary/aromatic N) is 2. The van der Waals surface area contributed by atoms with Gasteiger partial charge in [-0.1, -0.05) is 70.7 Å². The van der Waals surface area contributed by atoms with E-state index in [9.17, 15) is 36.6 Å². The number of aliphatic hydroxyl groups excluding tert-OH is 2. The SMILES string of the molecule is CN1Cc2c(Cl)cc(Cl)cc2C(c2cccc(S(=O)(=O)CCCOCCOCCOCCCC(=O)C(O)C(O)C(=O)NCCOCCOCCOCCNS(=O)(=O)c3cccc(C4CN(C)Cc5c(Cl)cc(Cl)cc54)c3)c2)C1. The van der Waals surface area contributed by atoms with Gasteiger partial charge in [-0.05, 0) is 109 Å². The maximum Gasteiger partial charge on any atom is 0.252 e. The quantitative estimate of drug-likeness (QED) is 0.0400. The number of ketones is 1. The number of benzene rings is 4. The number of nitrogens with one attached hydrogen (secondary N) is 2. The fourth-order valence-electron chi connectivity index (χ4n) is 9.14. The number of carbonyl (C=O) groups is 2. The Balaban J connectivity index is 0.717.